The molecule has 0 heterocycles. The summed E-state index contributed by atoms with van der Waals surface area (Å²) in [5.41, 5.74) is 1.53. The molecule has 0 aliphatic carbocycles. The molecule has 0 amide bonds. The van der Waals surface area contributed by atoms with Crippen LogP contribution in [-0.2, 0) is 0 Å². The Morgan fingerprint density at radius 2 is 1.39 bits per heavy atom. The van der Waals surface area contributed by atoms with E-state index in [1.807, 2.05) is 55.5 Å². The van der Waals surface area contributed by atoms with E-state index < -0.39 is 5.97 Å². The number of esters is 1. The van der Waals surface area contributed by atoms with Crippen molar-refractivity contribution in [3.05, 3.63) is 90.0 Å². The standard InChI is InChI=1S/C20H16O3/c1-15-11-13-17(14-12-15)22-19-10-6-5-9-18(19)20(21)23-16-7-3-2-4-8-16/h2-14H,1H3. The normalized spacial score (nSPS) is 10.1. The summed E-state index contributed by atoms with van der Waals surface area (Å²) in [6.07, 6.45) is 0. The maximum Gasteiger partial charge on any atom is 0.347 e. The molecule has 0 saturated carbocycles. The highest BCUT2D eigenvalue weighted by Gasteiger charge is 2.15. The quantitative estimate of drug-likeness (QED) is 0.502. The minimum Gasteiger partial charge on any atom is -0.456 e. The number of rotatable bonds is 4. The van der Waals surface area contributed by atoms with Gasteiger partial charge in [0.2, 0.25) is 0 Å². The van der Waals surface area contributed by atoms with Gasteiger partial charge in [-0.3, -0.25) is 0 Å². The third-order valence-electron chi connectivity index (χ3n) is 3.31. The SMILES string of the molecule is Cc1ccc(Oc2ccccc2C(=O)Oc2ccccc2)cc1. The molecule has 23 heavy (non-hydrogen) atoms. The first-order valence-corrected chi connectivity index (χ1v) is 7.33. The summed E-state index contributed by atoms with van der Waals surface area (Å²) in [6.45, 7) is 2.01. The number of carbonyl (C=O) groups excluding carboxylic acids is 1. The van der Waals surface area contributed by atoms with Gasteiger partial charge in [-0.25, -0.2) is 4.79 Å². The number of aryl methyl sites for hydroxylation is 1. The first-order valence-electron chi connectivity index (χ1n) is 7.33. The molecule has 0 aliphatic rings. The molecule has 0 atom stereocenters. The van der Waals surface area contributed by atoms with E-state index in [9.17, 15) is 4.79 Å². The molecule has 3 heteroatoms. The maximum atomic E-state index is 12.4. The van der Waals surface area contributed by atoms with Gasteiger partial charge in [0.15, 0.2) is 0 Å². The van der Waals surface area contributed by atoms with Gasteiger partial charge < -0.3 is 9.47 Å². The van der Waals surface area contributed by atoms with Crippen molar-refractivity contribution in [1.29, 1.82) is 0 Å². The topological polar surface area (TPSA) is 35.5 Å². The third kappa shape index (κ3) is 3.77. The van der Waals surface area contributed by atoms with Crippen LogP contribution in [0.4, 0.5) is 0 Å². The van der Waals surface area contributed by atoms with Crippen molar-refractivity contribution in [3.8, 4) is 17.2 Å². The van der Waals surface area contributed by atoms with Crippen molar-refractivity contribution in [1.82, 2.24) is 0 Å². The molecular formula is C20H16O3. The van der Waals surface area contributed by atoms with E-state index in [0.29, 0.717) is 22.8 Å². The van der Waals surface area contributed by atoms with Gasteiger partial charge in [-0.15, -0.1) is 0 Å². The van der Waals surface area contributed by atoms with Crippen LogP contribution in [0.5, 0.6) is 17.2 Å². The van der Waals surface area contributed by atoms with E-state index in [-0.39, 0.29) is 0 Å². The fraction of sp³-hybridized carbons (Fsp3) is 0.0500. The van der Waals surface area contributed by atoms with Gasteiger partial charge in [0.05, 0.1) is 0 Å². The van der Waals surface area contributed by atoms with Crippen molar-refractivity contribution in [2.75, 3.05) is 0 Å². The Morgan fingerprint density at radius 1 is 0.739 bits per heavy atom. The highest BCUT2D eigenvalue weighted by molar-refractivity contribution is 5.94. The number of hydrogen-bond acceptors (Lipinski definition) is 3. The fourth-order valence-electron chi connectivity index (χ4n) is 2.11. The maximum absolute atomic E-state index is 12.4. The Hall–Kier alpha value is -3.07. The van der Waals surface area contributed by atoms with Crippen molar-refractivity contribution < 1.29 is 14.3 Å². The first kappa shape index (κ1) is 14.9. The molecule has 0 radical (unpaired) electrons. The van der Waals surface area contributed by atoms with Crippen LogP contribution in [0.3, 0.4) is 0 Å². The van der Waals surface area contributed by atoms with Gasteiger partial charge >= 0.3 is 5.97 Å². The second-order valence-corrected chi connectivity index (χ2v) is 5.11. The van der Waals surface area contributed by atoms with Crippen LogP contribution in [0.2, 0.25) is 0 Å². The summed E-state index contributed by atoms with van der Waals surface area (Å²) in [6, 6.07) is 23.7. The average Bonchev–Trinajstić information content (AvgIpc) is 2.58. The number of hydrogen-bond donors (Lipinski definition) is 0. The predicted molar refractivity (Wildman–Crippen MR) is 89.1 cm³/mol. The second kappa shape index (κ2) is 6.79. The molecule has 3 nitrogen and oxygen atoms in total. The van der Waals surface area contributed by atoms with Crippen LogP contribution in [0.25, 0.3) is 0 Å². The summed E-state index contributed by atoms with van der Waals surface area (Å²) in [5.74, 6) is 1.20. The zero-order valence-corrected chi connectivity index (χ0v) is 12.7. The molecular weight excluding hydrogens is 288 g/mol. The first-order chi connectivity index (χ1) is 11.2. The molecule has 3 aromatic rings. The minimum atomic E-state index is -0.445. The molecule has 3 rings (SSSR count). The van der Waals surface area contributed by atoms with Crippen molar-refractivity contribution in [2.45, 2.75) is 6.92 Å². The number of carbonyl (C=O) groups is 1. The second-order valence-electron chi connectivity index (χ2n) is 5.11. The number of ether oxygens (including phenoxy) is 2. The minimum absolute atomic E-state index is 0.386. The van der Waals surface area contributed by atoms with Crippen LogP contribution in [0.1, 0.15) is 15.9 Å². The van der Waals surface area contributed by atoms with Gasteiger partial charge in [-0.2, -0.15) is 0 Å². The highest BCUT2D eigenvalue weighted by atomic mass is 16.5. The third-order valence-corrected chi connectivity index (χ3v) is 3.31. The molecule has 0 spiro atoms. The molecule has 114 valence electrons. The molecule has 0 N–H and O–H groups in total. The lowest BCUT2D eigenvalue weighted by Gasteiger charge is -2.11. The van der Waals surface area contributed by atoms with Gasteiger partial charge in [0, 0.05) is 0 Å². The van der Waals surface area contributed by atoms with Crippen LogP contribution in [0, 0.1) is 6.92 Å². The summed E-state index contributed by atoms with van der Waals surface area (Å²) in [7, 11) is 0. The lowest BCUT2D eigenvalue weighted by Crippen LogP contribution is -2.09. The van der Waals surface area contributed by atoms with E-state index in [2.05, 4.69) is 0 Å². The van der Waals surface area contributed by atoms with E-state index in [1.54, 1.807) is 30.3 Å². The predicted octanol–water partition coefficient (Wildman–Crippen LogP) is 5.01. The monoisotopic (exact) mass is 304 g/mol. The average molecular weight is 304 g/mol. The Morgan fingerprint density at radius 3 is 2.13 bits per heavy atom. The van der Waals surface area contributed by atoms with E-state index >= 15 is 0 Å². The molecule has 0 saturated heterocycles. The zero-order chi connectivity index (χ0) is 16.1. The van der Waals surface area contributed by atoms with Gasteiger partial charge in [0.25, 0.3) is 0 Å². The van der Waals surface area contributed by atoms with E-state index in [4.69, 9.17) is 9.47 Å². The summed E-state index contributed by atoms with van der Waals surface area (Å²) >= 11 is 0. The lowest BCUT2D eigenvalue weighted by molar-refractivity contribution is 0.0732. The molecule has 3 aromatic carbocycles. The van der Waals surface area contributed by atoms with Crippen molar-refractivity contribution in [2.24, 2.45) is 0 Å². The van der Waals surface area contributed by atoms with Crippen molar-refractivity contribution >= 4 is 5.97 Å². The summed E-state index contributed by atoms with van der Waals surface area (Å²) < 4.78 is 11.2. The fourth-order valence-corrected chi connectivity index (χ4v) is 2.11. The molecule has 0 fully saturated rings. The summed E-state index contributed by atoms with van der Waals surface area (Å²) in [5, 5.41) is 0. The number of benzene rings is 3. The Labute approximate surface area is 135 Å². The van der Waals surface area contributed by atoms with Crippen LogP contribution in [-0.4, -0.2) is 5.97 Å². The molecule has 0 aromatic heterocycles. The molecule has 0 bridgehead atoms. The number of para-hydroxylation sites is 2. The zero-order valence-electron chi connectivity index (χ0n) is 12.7. The Bertz CT molecular complexity index is 793. The van der Waals surface area contributed by atoms with Gasteiger partial charge in [-0.05, 0) is 43.3 Å². The van der Waals surface area contributed by atoms with Crippen LogP contribution in [0.15, 0.2) is 78.9 Å². The molecule has 0 aliphatic heterocycles. The smallest absolute Gasteiger partial charge is 0.347 e. The van der Waals surface area contributed by atoms with Gasteiger partial charge in [0.1, 0.15) is 22.8 Å². The van der Waals surface area contributed by atoms with E-state index in [0.717, 1.165) is 5.56 Å². The van der Waals surface area contributed by atoms with E-state index in [1.165, 1.54) is 0 Å². The van der Waals surface area contributed by atoms with Crippen molar-refractivity contribution in [3.63, 3.8) is 0 Å². The van der Waals surface area contributed by atoms with Crippen LogP contribution >= 0.6 is 0 Å². The van der Waals surface area contributed by atoms with Gasteiger partial charge in [-0.1, -0.05) is 48.0 Å². The lowest BCUT2D eigenvalue weighted by atomic mass is 10.2. The summed E-state index contributed by atoms with van der Waals surface area (Å²) in [4.78, 5) is 12.4. The molecule has 0 unspecified atom stereocenters. The largest absolute Gasteiger partial charge is 0.456 e. The Balaban J connectivity index is 1.82. The van der Waals surface area contributed by atoms with Crippen LogP contribution < -0.4 is 9.47 Å². The highest BCUT2D eigenvalue weighted by Crippen LogP contribution is 2.26. The Kier molecular flexibility index (Phi) is 4.39.